The highest BCUT2D eigenvalue weighted by Gasteiger charge is 2.28. The molecule has 1 atom stereocenters. The van der Waals surface area contributed by atoms with E-state index in [-0.39, 0.29) is 22.9 Å². The van der Waals surface area contributed by atoms with E-state index < -0.39 is 24.5 Å². The van der Waals surface area contributed by atoms with Gasteiger partial charge in [-0.15, -0.1) is 10.2 Å². The zero-order valence-corrected chi connectivity index (χ0v) is 24.1. The standard InChI is InChI=1S/C30H38F3N7O3/c1-2-21-15-23(25(42)16-24(21)41)28-36-37-29(30(43)35-27(33)26(31)32)40(28)22-5-3-19(4-6-22)17-38-11-13-39(14-12-38)18-20-7-9-34-10-8-20/h3-6,15-16,20,26-27,34,41-42H,2,7-14,17-18H2,1H3,(H,35,43). The Morgan fingerprint density at radius 3 is 2.33 bits per heavy atom. The molecule has 1 amide bonds. The zero-order valence-electron chi connectivity index (χ0n) is 24.1. The number of amides is 1. The second-order valence-electron chi connectivity index (χ2n) is 11.2. The number of aromatic nitrogens is 3. The summed E-state index contributed by atoms with van der Waals surface area (Å²) in [4.78, 5) is 17.8. The maximum Gasteiger partial charge on any atom is 0.291 e. The van der Waals surface area contributed by atoms with Gasteiger partial charge in [-0.25, -0.2) is 13.2 Å². The van der Waals surface area contributed by atoms with Crippen LogP contribution in [-0.2, 0) is 13.0 Å². The normalized spacial score (nSPS) is 17.8. The number of hydrogen-bond acceptors (Lipinski definition) is 8. The lowest BCUT2D eigenvalue weighted by Gasteiger charge is -2.37. The van der Waals surface area contributed by atoms with Crippen LogP contribution in [0.4, 0.5) is 13.2 Å². The van der Waals surface area contributed by atoms with Crippen LogP contribution in [0.5, 0.6) is 11.5 Å². The van der Waals surface area contributed by atoms with E-state index >= 15 is 0 Å². The molecular weight excluding hydrogens is 563 g/mol. The van der Waals surface area contributed by atoms with E-state index in [0.717, 1.165) is 69.9 Å². The van der Waals surface area contributed by atoms with Crippen LogP contribution in [0.2, 0.25) is 0 Å². The van der Waals surface area contributed by atoms with Gasteiger partial charge in [-0.2, -0.15) is 0 Å². The Morgan fingerprint density at radius 1 is 1.00 bits per heavy atom. The maximum absolute atomic E-state index is 13.7. The Morgan fingerprint density at radius 2 is 1.67 bits per heavy atom. The number of halogens is 3. The van der Waals surface area contributed by atoms with Crippen LogP contribution >= 0.6 is 0 Å². The Hall–Kier alpha value is -3.68. The molecule has 2 aliphatic heterocycles. The maximum atomic E-state index is 13.7. The van der Waals surface area contributed by atoms with Crippen molar-refractivity contribution in [2.75, 3.05) is 45.8 Å². The lowest BCUT2D eigenvalue weighted by molar-refractivity contribution is 0.0282. The molecule has 2 saturated heterocycles. The van der Waals surface area contributed by atoms with Crippen LogP contribution in [0.3, 0.4) is 0 Å². The number of phenolic OH excluding ortho intramolecular Hbond substituents is 2. The van der Waals surface area contributed by atoms with Crippen molar-refractivity contribution in [1.29, 1.82) is 0 Å². The highest BCUT2D eigenvalue weighted by Crippen LogP contribution is 2.36. The SMILES string of the molecule is CCc1cc(-c2nnc(C(=O)NC(F)C(F)F)n2-c2ccc(CN3CCN(CC4CCNCC4)CC3)cc2)c(O)cc1O. The number of rotatable bonds is 10. The molecule has 1 unspecified atom stereocenters. The fraction of sp³-hybridized carbons (Fsp3) is 0.500. The number of aryl methyl sites for hydroxylation is 1. The minimum atomic E-state index is -3.42. The van der Waals surface area contributed by atoms with E-state index in [1.165, 1.54) is 23.5 Å². The molecule has 5 rings (SSSR count). The highest BCUT2D eigenvalue weighted by atomic mass is 19.3. The monoisotopic (exact) mass is 601 g/mol. The van der Waals surface area contributed by atoms with Gasteiger partial charge in [-0.05, 0) is 67.6 Å². The topological polar surface area (TPSA) is 119 Å². The molecule has 2 aliphatic rings. The Bertz CT molecular complexity index is 1390. The first kappa shape index (κ1) is 30.8. The number of nitrogens with one attached hydrogen (secondary N) is 2. The van der Waals surface area contributed by atoms with Gasteiger partial charge in [0.15, 0.2) is 5.82 Å². The second kappa shape index (κ2) is 13.7. The molecule has 3 aromatic rings. The fourth-order valence-corrected chi connectivity index (χ4v) is 5.76. The number of piperidine rings is 1. The summed E-state index contributed by atoms with van der Waals surface area (Å²) < 4.78 is 40.7. The molecule has 0 spiro atoms. The van der Waals surface area contributed by atoms with Crippen LogP contribution in [0.25, 0.3) is 17.1 Å². The quantitative estimate of drug-likeness (QED) is 0.262. The van der Waals surface area contributed by atoms with Gasteiger partial charge in [0.05, 0.1) is 5.56 Å². The smallest absolute Gasteiger partial charge is 0.291 e. The molecule has 13 heteroatoms. The van der Waals surface area contributed by atoms with E-state index in [9.17, 15) is 28.2 Å². The van der Waals surface area contributed by atoms with Crippen LogP contribution in [0.15, 0.2) is 36.4 Å². The number of nitrogens with zero attached hydrogens (tertiary/aromatic N) is 5. The summed E-state index contributed by atoms with van der Waals surface area (Å²) in [6, 6.07) is 9.95. The fourth-order valence-electron chi connectivity index (χ4n) is 5.76. The molecule has 1 aromatic heterocycles. The Labute approximate surface area is 248 Å². The van der Waals surface area contributed by atoms with Crippen molar-refractivity contribution in [3.05, 3.63) is 53.3 Å². The lowest BCUT2D eigenvalue weighted by Crippen LogP contribution is -2.48. The summed E-state index contributed by atoms with van der Waals surface area (Å²) in [6.45, 7) is 9.87. The predicted molar refractivity (Wildman–Crippen MR) is 155 cm³/mol. The Kier molecular flexibility index (Phi) is 9.83. The molecule has 0 bridgehead atoms. The van der Waals surface area contributed by atoms with Gasteiger partial charge in [-0.1, -0.05) is 19.1 Å². The van der Waals surface area contributed by atoms with Gasteiger partial charge in [-0.3, -0.25) is 14.3 Å². The van der Waals surface area contributed by atoms with Crippen LogP contribution < -0.4 is 10.6 Å². The molecule has 0 aliphatic carbocycles. The second-order valence-corrected chi connectivity index (χ2v) is 11.2. The first-order chi connectivity index (χ1) is 20.7. The zero-order chi connectivity index (χ0) is 30.5. The summed E-state index contributed by atoms with van der Waals surface area (Å²) in [5, 5.41) is 33.7. The molecule has 232 valence electrons. The first-order valence-electron chi connectivity index (χ1n) is 14.7. The van der Waals surface area contributed by atoms with Crippen molar-refractivity contribution in [3.63, 3.8) is 0 Å². The number of benzene rings is 2. The average Bonchev–Trinajstić information content (AvgIpc) is 3.44. The summed E-state index contributed by atoms with van der Waals surface area (Å²) in [5.41, 5.74) is 2.14. The van der Waals surface area contributed by atoms with Crippen LogP contribution in [0.1, 0.15) is 41.5 Å². The highest BCUT2D eigenvalue weighted by molar-refractivity contribution is 5.92. The van der Waals surface area contributed by atoms with Crippen molar-refractivity contribution in [2.45, 2.75) is 45.5 Å². The molecule has 2 fully saturated rings. The van der Waals surface area contributed by atoms with Gasteiger partial charge in [0.25, 0.3) is 12.3 Å². The third kappa shape index (κ3) is 7.28. The molecule has 10 nitrogen and oxygen atoms in total. The largest absolute Gasteiger partial charge is 0.508 e. The van der Waals surface area contributed by atoms with Crippen LogP contribution in [0, 0.1) is 5.92 Å². The number of piperazine rings is 1. The number of aromatic hydroxyl groups is 2. The van der Waals surface area contributed by atoms with E-state index in [1.54, 1.807) is 17.4 Å². The minimum absolute atomic E-state index is 0.0300. The van der Waals surface area contributed by atoms with Gasteiger partial charge in [0.2, 0.25) is 12.1 Å². The van der Waals surface area contributed by atoms with Gasteiger partial charge in [0, 0.05) is 51.0 Å². The molecule has 43 heavy (non-hydrogen) atoms. The minimum Gasteiger partial charge on any atom is -0.508 e. The van der Waals surface area contributed by atoms with Crippen molar-refractivity contribution in [3.8, 4) is 28.6 Å². The summed E-state index contributed by atoms with van der Waals surface area (Å²) >= 11 is 0. The van der Waals surface area contributed by atoms with Crippen LogP contribution in [-0.4, -0.2) is 99.2 Å². The summed E-state index contributed by atoms with van der Waals surface area (Å²) in [5.74, 6) is -1.25. The molecule has 0 radical (unpaired) electrons. The van der Waals surface area contributed by atoms with Crippen molar-refractivity contribution in [2.24, 2.45) is 5.92 Å². The average molecular weight is 602 g/mol. The van der Waals surface area contributed by atoms with E-state index in [0.29, 0.717) is 17.7 Å². The first-order valence-corrected chi connectivity index (χ1v) is 14.7. The number of alkyl halides is 3. The van der Waals surface area contributed by atoms with Crippen molar-refractivity contribution in [1.82, 2.24) is 35.2 Å². The van der Waals surface area contributed by atoms with Crippen molar-refractivity contribution < 1.29 is 28.2 Å². The van der Waals surface area contributed by atoms with E-state index in [1.807, 2.05) is 19.1 Å². The number of phenols is 2. The third-order valence-corrected chi connectivity index (χ3v) is 8.22. The van der Waals surface area contributed by atoms with Gasteiger partial charge < -0.3 is 25.7 Å². The van der Waals surface area contributed by atoms with Gasteiger partial charge >= 0.3 is 0 Å². The van der Waals surface area contributed by atoms with Gasteiger partial charge in [0.1, 0.15) is 11.5 Å². The number of hydrogen-bond donors (Lipinski definition) is 4. The summed E-state index contributed by atoms with van der Waals surface area (Å²) in [7, 11) is 0. The van der Waals surface area contributed by atoms with E-state index in [4.69, 9.17) is 0 Å². The van der Waals surface area contributed by atoms with E-state index in [2.05, 4.69) is 25.3 Å². The number of carbonyl (C=O) groups is 1. The molecule has 3 heterocycles. The molecule has 4 N–H and O–H groups in total. The number of carbonyl (C=O) groups excluding carboxylic acids is 1. The summed E-state index contributed by atoms with van der Waals surface area (Å²) in [6.07, 6.45) is -3.40. The third-order valence-electron chi connectivity index (χ3n) is 8.22. The molecule has 2 aromatic carbocycles. The Balaban J connectivity index is 1.35. The lowest BCUT2D eigenvalue weighted by atomic mass is 9.97. The van der Waals surface area contributed by atoms with Crippen molar-refractivity contribution >= 4 is 5.91 Å². The predicted octanol–water partition coefficient (Wildman–Crippen LogP) is 3.32. The molecular formula is C30H38F3N7O3. The molecule has 0 saturated carbocycles.